The van der Waals surface area contributed by atoms with Gasteiger partial charge in [-0.2, -0.15) is 0 Å². The van der Waals surface area contributed by atoms with Crippen LogP contribution in [-0.2, 0) is 13.1 Å². The largest absolute Gasteiger partial charge is 0.454 e. The number of aliphatic hydroxyl groups is 1. The highest BCUT2D eigenvalue weighted by Gasteiger charge is 2.21. The number of fused-ring (bicyclic) bond motifs is 2. The Kier molecular flexibility index (Phi) is 3.20. The number of aromatic nitrogens is 2. The molecule has 112 valence electrons. The lowest BCUT2D eigenvalue weighted by molar-refractivity contribution is 0.174. The molecule has 0 bridgehead atoms. The van der Waals surface area contributed by atoms with Crippen LogP contribution in [0.5, 0.6) is 11.5 Å². The highest BCUT2D eigenvalue weighted by molar-refractivity contribution is 5.81. The van der Waals surface area contributed by atoms with Gasteiger partial charge in [0.1, 0.15) is 5.82 Å². The van der Waals surface area contributed by atoms with E-state index >= 15 is 0 Å². The van der Waals surface area contributed by atoms with Crippen LogP contribution in [0.15, 0.2) is 12.1 Å². The maximum atomic E-state index is 9.36. The number of imidazole rings is 1. The van der Waals surface area contributed by atoms with Crippen LogP contribution in [0, 0.1) is 0 Å². The fourth-order valence-corrected chi connectivity index (χ4v) is 3.18. The minimum absolute atomic E-state index is 0.104. The summed E-state index contributed by atoms with van der Waals surface area (Å²) in [6, 6.07) is 3.90. The molecule has 0 aliphatic carbocycles. The second kappa shape index (κ2) is 5.20. The van der Waals surface area contributed by atoms with Gasteiger partial charge in [-0.05, 0) is 25.9 Å². The Morgan fingerprint density at radius 3 is 2.67 bits per heavy atom. The van der Waals surface area contributed by atoms with Gasteiger partial charge in [-0.25, -0.2) is 4.98 Å². The fraction of sp³-hybridized carbons (Fsp3) is 0.533. The summed E-state index contributed by atoms with van der Waals surface area (Å²) < 4.78 is 13.0. The van der Waals surface area contributed by atoms with Gasteiger partial charge in [0.25, 0.3) is 0 Å². The number of benzene rings is 1. The molecule has 1 saturated heterocycles. The lowest BCUT2D eigenvalue weighted by Gasteiger charge is -2.15. The molecule has 2 aliphatic heterocycles. The average Bonchev–Trinajstić information content (AvgIpc) is 3.19. The van der Waals surface area contributed by atoms with Gasteiger partial charge in [0.15, 0.2) is 11.5 Å². The van der Waals surface area contributed by atoms with Crippen molar-refractivity contribution in [1.82, 2.24) is 14.5 Å². The van der Waals surface area contributed by atoms with Crippen LogP contribution in [0.25, 0.3) is 11.0 Å². The van der Waals surface area contributed by atoms with Crippen molar-refractivity contribution in [3.8, 4) is 11.5 Å². The van der Waals surface area contributed by atoms with Gasteiger partial charge in [0, 0.05) is 18.7 Å². The first-order valence-electron chi connectivity index (χ1n) is 7.47. The zero-order valence-electron chi connectivity index (χ0n) is 11.9. The van der Waals surface area contributed by atoms with Crippen molar-refractivity contribution in [2.24, 2.45) is 0 Å². The predicted molar refractivity (Wildman–Crippen MR) is 77.5 cm³/mol. The number of aliphatic hydroxyl groups excluding tert-OH is 1. The molecule has 2 aromatic rings. The van der Waals surface area contributed by atoms with E-state index in [1.807, 2.05) is 12.1 Å². The molecule has 1 fully saturated rings. The van der Waals surface area contributed by atoms with Gasteiger partial charge in [0.05, 0.1) is 24.2 Å². The van der Waals surface area contributed by atoms with Crippen LogP contribution in [0.3, 0.4) is 0 Å². The number of rotatable bonds is 4. The van der Waals surface area contributed by atoms with Crippen molar-refractivity contribution in [2.45, 2.75) is 25.9 Å². The molecule has 0 radical (unpaired) electrons. The SMILES string of the molecule is OCCn1c(CN2CCCC2)nc2cc3c(cc21)OCO3. The van der Waals surface area contributed by atoms with Gasteiger partial charge in [-0.15, -0.1) is 0 Å². The maximum absolute atomic E-state index is 9.36. The van der Waals surface area contributed by atoms with Crippen LogP contribution < -0.4 is 9.47 Å². The highest BCUT2D eigenvalue weighted by atomic mass is 16.7. The summed E-state index contributed by atoms with van der Waals surface area (Å²) in [6.07, 6.45) is 2.52. The molecule has 0 atom stereocenters. The molecule has 0 amide bonds. The predicted octanol–water partition coefficient (Wildman–Crippen LogP) is 1.35. The van der Waals surface area contributed by atoms with E-state index in [9.17, 15) is 5.11 Å². The molecule has 3 heterocycles. The molecule has 6 nitrogen and oxygen atoms in total. The summed E-state index contributed by atoms with van der Waals surface area (Å²) in [4.78, 5) is 7.16. The van der Waals surface area contributed by atoms with Crippen LogP contribution in [0.1, 0.15) is 18.7 Å². The fourth-order valence-electron chi connectivity index (χ4n) is 3.18. The lowest BCUT2D eigenvalue weighted by Crippen LogP contribution is -2.21. The molecule has 0 spiro atoms. The minimum Gasteiger partial charge on any atom is -0.454 e. The van der Waals surface area contributed by atoms with Crippen molar-refractivity contribution in [1.29, 1.82) is 0 Å². The molecular weight excluding hydrogens is 270 g/mol. The summed E-state index contributed by atoms with van der Waals surface area (Å²) in [5.41, 5.74) is 1.91. The first-order valence-corrected chi connectivity index (χ1v) is 7.47. The van der Waals surface area contributed by atoms with Gasteiger partial charge in [-0.1, -0.05) is 0 Å². The van der Waals surface area contributed by atoms with Crippen molar-refractivity contribution < 1.29 is 14.6 Å². The van der Waals surface area contributed by atoms with Crippen molar-refractivity contribution in [2.75, 3.05) is 26.5 Å². The quantitative estimate of drug-likeness (QED) is 0.921. The van der Waals surface area contributed by atoms with E-state index < -0.39 is 0 Å². The normalized spacial score (nSPS) is 18.0. The van der Waals surface area contributed by atoms with Crippen LogP contribution in [0.2, 0.25) is 0 Å². The number of nitrogens with zero attached hydrogens (tertiary/aromatic N) is 3. The molecule has 21 heavy (non-hydrogen) atoms. The smallest absolute Gasteiger partial charge is 0.231 e. The van der Waals surface area contributed by atoms with Gasteiger partial charge >= 0.3 is 0 Å². The Hall–Kier alpha value is -1.79. The molecular formula is C15H19N3O3. The van der Waals surface area contributed by atoms with Crippen LogP contribution in [0.4, 0.5) is 0 Å². The molecule has 1 aromatic heterocycles. The first kappa shape index (κ1) is 12.9. The van der Waals surface area contributed by atoms with E-state index in [2.05, 4.69) is 9.47 Å². The number of likely N-dealkylation sites (tertiary alicyclic amines) is 1. The topological polar surface area (TPSA) is 59.8 Å². The Balaban J connectivity index is 1.76. The maximum Gasteiger partial charge on any atom is 0.231 e. The Morgan fingerprint density at radius 2 is 1.90 bits per heavy atom. The van der Waals surface area contributed by atoms with Gasteiger partial charge in [0.2, 0.25) is 6.79 Å². The first-order chi connectivity index (χ1) is 10.3. The molecule has 2 aliphatic rings. The lowest BCUT2D eigenvalue weighted by atomic mass is 10.2. The standard InChI is InChI=1S/C15H19N3O3/c19-6-5-18-12-8-14-13(20-10-21-14)7-11(12)16-15(18)9-17-3-1-2-4-17/h7-8,19H,1-6,9-10H2. The summed E-state index contributed by atoms with van der Waals surface area (Å²) >= 11 is 0. The third kappa shape index (κ3) is 2.24. The van der Waals surface area contributed by atoms with Crippen molar-refractivity contribution >= 4 is 11.0 Å². The van der Waals surface area contributed by atoms with Gasteiger partial charge < -0.3 is 19.1 Å². The van der Waals surface area contributed by atoms with Crippen molar-refractivity contribution in [3.63, 3.8) is 0 Å². The molecule has 0 saturated carbocycles. The van der Waals surface area contributed by atoms with Crippen LogP contribution in [-0.4, -0.2) is 46.0 Å². The zero-order valence-corrected chi connectivity index (χ0v) is 11.9. The second-order valence-electron chi connectivity index (χ2n) is 5.58. The van der Waals surface area contributed by atoms with Crippen LogP contribution >= 0.6 is 0 Å². The van der Waals surface area contributed by atoms with E-state index in [-0.39, 0.29) is 13.4 Å². The van der Waals surface area contributed by atoms with Gasteiger partial charge in [-0.3, -0.25) is 4.90 Å². The Morgan fingerprint density at radius 1 is 1.14 bits per heavy atom. The highest BCUT2D eigenvalue weighted by Crippen LogP contribution is 2.36. The number of ether oxygens (including phenoxy) is 2. The number of hydrogen-bond acceptors (Lipinski definition) is 5. The summed E-state index contributed by atoms with van der Waals surface area (Å²) in [5, 5.41) is 9.36. The average molecular weight is 289 g/mol. The monoisotopic (exact) mass is 289 g/mol. The molecule has 4 rings (SSSR count). The molecule has 0 unspecified atom stereocenters. The summed E-state index contributed by atoms with van der Waals surface area (Å²) in [6.45, 7) is 4.02. The Bertz CT molecular complexity index is 662. The summed E-state index contributed by atoms with van der Waals surface area (Å²) in [5.74, 6) is 2.52. The minimum atomic E-state index is 0.104. The van der Waals surface area contributed by atoms with E-state index in [0.717, 1.165) is 48.0 Å². The van der Waals surface area contributed by atoms with E-state index in [4.69, 9.17) is 14.5 Å². The van der Waals surface area contributed by atoms with E-state index in [0.29, 0.717) is 6.54 Å². The van der Waals surface area contributed by atoms with E-state index in [1.54, 1.807) is 0 Å². The third-order valence-corrected chi connectivity index (χ3v) is 4.21. The molecule has 1 N–H and O–H groups in total. The zero-order chi connectivity index (χ0) is 14.2. The van der Waals surface area contributed by atoms with E-state index in [1.165, 1.54) is 12.8 Å². The summed E-state index contributed by atoms with van der Waals surface area (Å²) in [7, 11) is 0. The Labute approximate surface area is 122 Å². The molecule has 1 aromatic carbocycles. The number of hydrogen-bond donors (Lipinski definition) is 1. The van der Waals surface area contributed by atoms with Crippen molar-refractivity contribution in [3.05, 3.63) is 18.0 Å². The second-order valence-corrected chi connectivity index (χ2v) is 5.58. The third-order valence-electron chi connectivity index (χ3n) is 4.21. The molecule has 6 heteroatoms.